The van der Waals surface area contributed by atoms with Gasteiger partial charge in [0.2, 0.25) is 0 Å². The van der Waals surface area contributed by atoms with Crippen molar-refractivity contribution in [3.63, 3.8) is 0 Å². The third-order valence-electron chi connectivity index (χ3n) is 3.26. The van der Waals surface area contributed by atoms with E-state index in [1.54, 1.807) is 0 Å². The molecule has 0 saturated carbocycles. The predicted molar refractivity (Wildman–Crippen MR) is 88.3 cm³/mol. The third kappa shape index (κ3) is 2.15. The quantitative estimate of drug-likeness (QED) is 0.426. The summed E-state index contributed by atoms with van der Waals surface area (Å²) in [6.07, 6.45) is 3.20. The van der Waals surface area contributed by atoms with E-state index < -0.39 is 0 Å². The lowest BCUT2D eigenvalue weighted by atomic mass is 9.98. The van der Waals surface area contributed by atoms with Gasteiger partial charge in [-0.1, -0.05) is 71.1 Å². The van der Waals surface area contributed by atoms with Crippen LogP contribution < -0.4 is 0 Å². The first-order valence-electron chi connectivity index (χ1n) is 6.04. The van der Waals surface area contributed by atoms with Crippen molar-refractivity contribution >= 4 is 44.1 Å². The summed E-state index contributed by atoms with van der Waals surface area (Å²) >= 11 is 2.27. The molecule has 88 valence electrons. The molecule has 3 aromatic carbocycles. The minimum Gasteiger partial charge on any atom is -0.0740 e. The molecule has 0 bridgehead atoms. The Bertz CT molecular complexity index is 726. The lowest BCUT2D eigenvalue weighted by molar-refractivity contribution is 1.31. The second kappa shape index (κ2) is 5.11. The molecule has 18 heavy (non-hydrogen) atoms. The first-order chi connectivity index (χ1) is 8.88. The number of halogens is 1. The fraction of sp³-hybridized carbons (Fsp3) is 0.0588. The van der Waals surface area contributed by atoms with Gasteiger partial charge in [-0.15, -0.1) is 0 Å². The van der Waals surface area contributed by atoms with E-state index in [0.29, 0.717) is 0 Å². The zero-order chi connectivity index (χ0) is 12.4. The van der Waals surface area contributed by atoms with Crippen LogP contribution in [0.3, 0.4) is 0 Å². The largest absolute Gasteiger partial charge is 0.0740 e. The molecule has 0 unspecified atom stereocenters. The number of allylic oxidation sites excluding steroid dienone is 1. The zero-order valence-electron chi connectivity index (χ0n) is 9.94. The van der Waals surface area contributed by atoms with Crippen LogP contribution in [0.4, 0.5) is 0 Å². The van der Waals surface area contributed by atoms with Crippen LogP contribution in [0, 0.1) is 0 Å². The standard InChI is InChI=1S/C17H13I/c18-10-4-9-13-7-3-8-16-11-14-5-1-2-6-15(14)12-17(13)16/h1-8,10-12H,9H2/b10-4+. The molecule has 0 fully saturated rings. The average molecular weight is 344 g/mol. The summed E-state index contributed by atoms with van der Waals surface area (Å²) in [5, 5.41) is 5.32. The van der Waals surface area contributed by atoms with Crippen LogP contribution in [0.5, 0.6) is 0 Å². The van der Waals surface area contributed by atoms with E-state index >= 15 is 0 Å². The summed E-state index contributed by atoms with van der Waals surface area (Å²) in [4.78, 5) is 0. The van der Waals surface area contributed by atoms with Crippen LogP contribution in [0.25, 0.3) is 21.5 Å². The minimum atomic E-state index is 0.999. The maximum atomic E-state index is 2.31. The number of hydrogen-bond acceptors (Lipinski definition) is 0. The van der Waals surface area contributed by atoms with Crippen molar-refractivity contribution in [1.29, 1.82) is 0 Å². The molecule has 0 radical (unpaired) electrons. The summed E-state index contributed by atoms with van der Waals surface area (Å²) in [5.74, 6) is 0. The molecular formula is C17H13I. The van der Waals surface area contributed by atoms with Gasteiger partial charge in [0.1, 0.15) is 0 Å². The molecule has 0 aliphatic heterocycles. The molecule has 0 aliphatic rings. The Balaban J connectivity index is 2.29. The molecule has 0 N–H and O–H groups in total. The molecule has 0 heterocycles. The van der Waals surface area contributed by atoms with Gasteiger partial charge in [-0.3, -0.25) is 0 Å². The molecule has 0 aromatic heterocycles. The number of fused-ring (bicyclic) bond motifs is 2. The smallest absolute Gasteiger partial charge is 0.00837 e. The summed E-state index contributed by atoms with van der Waals surface area (Å²) < 4.78 is 2.08. The zero-order valence-corrected chi connectivity index (χ0v) is 12.1. The van der Waals surface area contributed by atoms with Gasteiger partial charge in [-0.05, 0) is 49.7 Å². The monoisotopic (exact) mass is 344 g/mol. The van der Waals surface area contributed by atoms with Gasteiger partial charge < -0.3 is 0 Å². The van der Waals surface area contributed by atoms with E-state index in [4.69, 9.17) is 0 Å². The number of hydrogen-bond donors (Lipinski definition) is 0. The Hall–Kier alpha value is -1.35. The molecule has 0 spiro atoms. The van der Waals surface area contributed by atoms with E-state index in [9.17, 15) is 0 Å². The number of rotatable bonds is 2. The Morgan fingerprint density at radius 1 is 0.833 bits per heavy atom. The Labute approximate surface area is 120 Å². The highest BCUT2D eigenvalue weighted by Gasteiger charge is 2.01. The summed E-state index contributed by atoms with van der Waals surface area (Å²) in [7, 11) is 0. The molecule has 0 amide bonds. The molecule has 1 heteroatoms. The molecule has 0 atom stereocenters. The van der Waals surface area contributed by atoms with Crippen molar-refractivity contribution in [3.8, 4) is 0 Å². The molecule has 0 aliphatic carbocycles. The van der Waals surface area contributed by atoms with Crippen LogP contribution in [-0.4, -0.2) is 0 Å². The SMILES string of the molecule is I/C=C/Cc1cccc2cc3ccccc3cc12. The minimum absolute atomic E-state index is 0.999. The summed E-state index contributed by atoms with van der Waals surface area (Å²) in [5.41, 5.74) is 1.39. The number of benzene rings is 3. The topological polar surface area (TPSA) is 0 Å². The third-order valence-corrected chi connectivity index (χ3v) is 3.77. The van der Waals surface area contributed by atoms with Gasteiger partial charge in [0.15, 0.2) is 0 Å². The maximum Gasteiger partial charge on any atom is -0.00837 e. The Morgan fingerprint density at radius 3 is 2.33 bits per heavy atom. The molecule has 3 aromatic rings. The normalized spacial score (nSPS) is 11.6. The second-order valence-electron chi connectivity index (χ2n) is 4.40. The van der Waals surface area contributed by atoms with E-state index in [2.05, 4.69) is 87.3 Å². The van der Waals surface area contributed by atoms with E-state index in [-0.39, 0.29) is 0 Å². The van der Waals surface area contributed by atoms with Gasteiger partial charge in [0.25, 0.3) is 0 Å². The van der Waals surface area contributed by atoms with Gasteiger partial charge in [-0.2, -0.15) is 0 Å². The summed E-state index contributed by atoms with van der Waals surface area (Å²) in [6, 6.07) is 19.7. The molecular weight excluding hydrogens is 331 g/mol. The maximum absolute atomic E-state index is 2.31. The fourth-order valence-electron chi connectivity index (χ4n) is 2.38. The first-order valence-corrected chi connectivity index (χ1v) is 7.29. The van der Waals surface area contributed by atoms with Crippen LogP contribution in [0.15, 0.2) is 64.8 Å². The fourth-order valence-corrected chi connectivity index (χ4v) is 2.64. The highest BCUT2D eigenvalue weighted by Crippen LogP contribution is 2.25. The van der Waals surface area contributed by atoms with Gasteiger partial charge in [0, 0.05) is 0 Å². The lowest BCUT2D eigenvalue weighted by Crippen LogP contribution is -1.85. The highest BCUT2D eigenvalue weighted by atomic mass is 127. The van der Waals surface area contributed by atoms with Crippen LogP contribution in [0.1, 0.15) is 5.56 Å². The van der Waals surface area contributed by atoms with Crippen molar-refractivity contribution in [3.05, 3.63) is 70.3 Å². The van der Waals surface area contributed by atoms with Gasteiger partial charge >= 0.3 is 0 Å². The van der Waals surface area contributed by atoms with Crippen LogP contribution in [0.2, 0.25) is 0 Å². The Morgan fingerprint density at radius 2 is 1.56 bits per heavy atom. The van der Waals surface area contributed by atoms with Crippen molar-refractivity contribution in [2.75, 3.05) is 0 Å². The van der Waals surface area contributed by atoms with Crippen molar-refractivity contribution in [2.24, 2.45) is 0 Å². The average Bonchev–Trinajstić information content (AvgIpc) is 2.43. The van der Waals surface area contributed by atoms with Gasteiger partial charge in [0.05, 0.1) is 0 Å². The van der Waals surface area contributed by atoms with E-state index in [1.807, 2.05) is 0 Å². The second-order valence-corrected chi connectivity index (χ2v) is 5.12. The molecule has 3 rings (SSSR count). The van der Waals surface area contributed by atoms with Crippen molar-refractivity contribution in [1.82, 2.24) is 0 Å². The lowest BCUT2D eigenvalue weighted by Gasteiger charge is -2.06. The van der Waals surface area contributed by atoms with E-state index in [1.165, 1.54) is 27.1 Å². The highest BCUT2D eigenvalue weighted by molar-refractivity contribution is 14.1. The van der Waals surface area contributed by atoms with E-state index in [0.717, 1.165) is 6.42 Å². The Kier molecular flexibility index (Phi) is 3.33. The van der Waals surface area contributed by atoms with Crippen molar-refractivity contribution in [2.45, 2.75) is 6.42 Å². The van der Waals surface area contributed by atoms with Gasteiger partial charge in [-0.25, -0.2) is 0 Å². The first kappa shape index (κ1) is 11.7. The predicted octanol–water partition coefficient (Wildman–Crippen LogP) is 5.48. The van der Waals surface area contributed by atoms with Crippen LogP contribution >= 0.6 is 22.6 Å². The molecule has 0 nitrogen and oxygen atoms in total. The molecule has 0 saturated heterocycles. The van der Waals surface area contributed by atoms with Crippen molar-refractivity contribution < 1.29 is 0 Å². The van der Waals surface area contributed by atoms with Crippen LogP contribution in [-0.2, 0) is 6.42 Å². The summed E-state index contributed by atoms with van der Waals surface area (Å²) in [6.45, 7) is 0.